The van der Waals surface area contributed by atoms with Gasteiger partial charge in [0.2, 0.25) is 0 Å². The van der Waals surface area contributed by atoms with Gasteiger partial charge in [0, 0.05) is 18.3 Å². The molecule has 0 heterocycles. The maximum absolute atomic E-state index is 10.3. The topological polar surface area (TPSA) is 49.3 Å². The first kappa shape index (κ1) is 15.8. The summed E-state index contributed by atoms with van der Waals surface area (Å²) < 4.78 is 0. The van der Waals surface area contributed by atoms with Crippen LogP contribution in [0.25, 0.3) is 0 Å². The third-order valence-electron chi connectivity index (χ3n) is 2.54. The smallest absolute Gasteiger partial charge is 0.304 e. The molecule has 0 spiro atoms. The van der Waals surface area contributed by atoms with E-state index in [1.165, 1.54) is 32.1 Å². The molecule has 0 amide bonds. The molecule has 0 rings (SSSR count). The Morgan fingerprint density at radius 2 is 2.00 bits per heavy atom. The number of aliphatic carboxylic acids is 1. The Labute approximate surface area is 104 Å². The highest BCUT2D eigenvalue weighted by Crippen LogP contribution is 2.10. The van der Waals surface area contributed by atoms with Crippen LogP contribution in [0.3, 0.4) is 0 Å². The number of hydrogen-bond donors (Lipinski definition) is 3. The third kappa shape index (κ3) is 11.9. The second-order valence-electron chi connectivity index (χ2n) is 4.20. The summed E-state index contributed by atoms with van der Waals surface area (Å²) in [7, 11) is 0. The monoisotopic (exact) mass is 247 g/mol. The zero-order valence-electron chi connectivity index (χ0n) is 10.2. The van der Waals surface area contributed by atoms with Gasteiger partial charge in [-0.1, -0.05) is 39.0 Å². The first-order valence-corrected chi connectivity index (χ1v) is 6.79. The Kier molecular flexibility index (Phi) is 11.1. The molecule has 4 heteroatoms. The minimum atomic E-state index is -0.747. The molecule has 0 aliphatic heterocycles. The highest BCUT2D eigenvalue weighted by atomic mass is 32.1. The van der Waals surface area contributed by atoms with Gasteiger partial charge >= 0.3 is 5.97 Å². The van der Waals surface area contributed by atoms with Gasteiger partial charge in [-0.15, -0.1) is 0 Å². The standard InChI is InChI=1S/C12H25NO2S/c1-2-3-4-5-6-7-11(16)10-13-9-8-12(14)15/h11,13,16H,2-10H2,1H3,(H,14,15). The fourth-order valence-electron chi connectivity index (χ4n) is 1.55. The molecule has 0 aromatic carbocycles. The van der Waals surface area contributed by atoms with Crippen molar-refractivity contribution in [3.05, 3.63) is 0 Å². The molecular formula is C12H25NO2S. The van der Waals surface area contributed by atoms with Crippen LogP contribution in [0.5, 0.6) is 0 Å². The molecule has 3 nitrogen and oxygen atoms in total. The van der Waals surface area contributed by atoms with E-state index in [2.05, 4.69) is 24.9 Å². The fourth-order valence-corrected chi connectivity index (χ4v) is 1.86. The molecular weight excluding hydrogens is 222 g/mol. The van der Waals surface area contributed by atoms with Gasteiger partial charge < -0.3 is 10.4 Å². The third-order valence-corrected chi connectivity index (χ3v) is 2.98. The summed E-state index contributed by atoms with van der Waals surface area (Å²) in [5.41, 5.74) is 0. The van der Waals surface area contributed by atoms with Gasteiger partial charge in [-0.3, -0.25) is 4.79 Å². The van der Waals surface area contributed by atoms with Crippen LogP contribution in [0, 0.1) is 0 Å². The summed E-state index contributed by atoms with van der Waals surface area (Å²) in [6.45, 7) is 3.57. The fraction of sp³-hybridized carbons (Fsp3) is 0.917. The van der Waals surface area contributed by atoms with E-state index in [9.17, 15) is 4.79 Å². The summed E-state index contributed by atoms with van der Waals surface area (Å²) in [6, 6.07) is 0. The normalized spacial score (nSPS) is 12.6. The van der Waals surface area contributed by atoms with Crippen LogP contribution in [0.2, 0.25) is 0 Å². The Morgan fingerprint density at radius 3 is 2.62 bits per heavy atom. The molecule has 0 bridgehead atoms. The van der Waals surface area contributed by atoms with Gasteiger partial charge in [-0.25, -0.2) is 0 Å². The number of carbonyl (C=O) groups is 1. The number of carboxylic acid groups (broad SMARTS) is 1. The quantitative estimate of drug-likeness (QED) is 0.389. The molecule has 96 valence electrons. The van der Waals surface area contributed by atoms with E-state index in [-0.39, 0.29) is 6.42 Å². The van der Waals surface area contributed by atoms with Crippen LogP contribution in [0.1, 0.15) is 51.9 Å². The van der Waals surface area contributed by atoms with E-state index in [4.69, 9.17) is 5.11 Å². The Morgan fingerprint density at radius 1 is 1.31 bits per heavy atom. The molecule has 0 fully saturated rings. The summed E-state index contributed by atoms with van der Waals surface area (Å²) in [5.74, 6) is -0.747. The lowest BCUT2D eigenvalue weighted by Gasteiger charge is -2.11. The molecule has 0 radical (unpaired) electrons. The predicted molar refractivity (Wildman–Crippen MR) is 71.3 cm³/mol. The second kappa shape index (κ2) is 11.3. The van der Waals surface area contributed by atoms with Crippen LogP contribution in [0.4, 0.5) is 0 Å². The molecule has 1 unspecified atom stereocenters. The summed E-state index contributed by atoms with van der Waals surface area (Å²) >= 11 is 4.47. The maximum Gasteiger partial charge on any atom is 0.304 e. The summed E-state index contributed by atoms with van der Waals surface area (Å²) in [6.07, 6.45) is 7.76. The van der Waals surface area contributed by atoms with Crippen molar-refractivity contribution in [1.82, 2.24) is 5.32 Å². The van der Waals surface area contributed by atoms with Crippen molar-refractivity contribution in [2.75, 3.05) is 13.1 Å². The van der Waals surface area contributed by atoms with Crippen molar-refractivity contribution in [2.45, 2.75) is 57.1 Å². The van der Waals surface area contributed by atoms with Crippen molar-refractivity contribution in [2.24, 2.45) is 0 Å². The van der Waals surface area contributed by atoms with E-state index < -0.39 is 5.97 Å². The average Bonchev–Trinajstić information content (AvgIpc) is 2.24. The van der Waals surface area contributed by atoms with Crippen LogP contribution in [0.15, 0.2) is 0 Å². The Bertz CT molecular complexity index is 176. The highest BCUT2D eigenvalue weighted by Gasteiger charge is 2.03. The van der Waals surface area contributed by atoms with Gasteiger partial charge in [-0.2, -0.15) is 12.6 Å². The number of unbranched alkanes of at least 4 members (excludes halogenated alkanes) is 4. The predicted octanol–water partition coefficient (Wildman–Crippen LogP) is 2.71. The number of rotatable bonds is 11. The lowest BCUT2D eigenvalue weighted by molar-refractivity contribution is -0.136. The van der Waals surface area contributed by atoms with E-state index in [1.807, 2.05) is 0 Å². The van der Waals surface area contributed by atoms with Gasteiger partial charge in [0.25, 0.3) is 0 Å². The first-order valence-electron chi connectivity index (χ1n) is 6.27. The van der Waals surface area contributed by atoms with E-state index >= 15 is 0 Å². The number of carboxylic acids is 1. The number of hydrogen-bond acceptors (Lipinski definition) is 3. The van der Waals surface area contributed by atoms with Gasteiger partial charge in [0.1, 0.15) is 0 Å². The minimum absolute atomic E-state index is 0.191. The van der Waals surface area contributed by atoms with E-state index in [1.54, 1.807) is 0 Å². The lowest BCUT2D eigenvalue weighted by atomic mass is 10.1. The van der Waals surface area contributed by atoms with Crippen molar-refractivity contribution < 1.29 is 9.90 Å². The van der Waals surface area contributed by atoms with Crippen LogP contribution in [-0.2, 0) is 4.79 Å². The summed E-state index contributed by atoms with van der Waals surface area (Å²) in [4.78, 5) is 10.3. The van der Waals surface area contributed by atoms with E-state index in [0.29, 0.717) is 11.8 Å². The Balaban J connectivity index is 3.18. The number of thiol groups is 1. The van der Waals surface area contributed by atoms with Gasteiger partial charge in [0.15, 0.2) is 0 Å². The largest absolute Gasteiger partial charge is 0.481 e. The summed E-state index contributed by atoms with van der Waals surface area (Å²) in [5, 5.41) is 11.9. The molecule has 0 aromatic heterocycles. The van der Waals surface area contributed by atoms with Gasteiger partial charge in [-0.05, 0) is 6.42 Å². The zero-order valence-corrected chi connectivity index (χ0v) is 11.1. The van der Waals surface area contributed by atoms with E-state index in [0.717, 1.165) is 13.0 Å². The SMILES string of the molecule is CCCCCCCC(S)CNCCC(=O)O. The zero-order chi connectivity index (χ0) is 12.2. The van der Waals surface area contributed by atoms with Crippen molar-refractivity contribution in [1.29, 1.82) is 0 Å². The highest BCUT2D eigenvalue weighted by molar-refractivity contribution is 7.81. The molecule has 0 aliphatic rings. The second-order valence-corrected chi connectivity index (χ2v) is 4.93. The molecule has 0 saturated heterocycles. The van der Waals surface area contributed by atoms with Crippen molar-refractivity contribution in [3.63, 3.8) is 0 Å². The minimum Gasteiger partial charge on any atom is -0.481 e. The van der Waals surface area contributed by atoms with Crippen molar-refractivity contribution in [3.8, 4) is 0 Å². The maximum atomic E-state index is 10.3. The molecule has 0 aromatic rings. The van der Waals surface area contributed by atoms with Gasteiger partial charge in [0.05, 0.1) is 6.42 Å². The van der Waals surface area contributed by atoms with Crippen molar-refractivity contribution >= 4 is 18.6 Å². The first-order chi connectivity index (χ1) is 7.66. The lowest BCUT2D eigenvalue weighted by Crippen LogP contribution is -2.25. The molecule has 0 aliphatic carbocycles. The number of nitrogens with one attached hydrogen (secondary N) is 1. The average molecular weight is 247 g/mol. The van der Waals surface area contributed by atoms with Crippen LogP contribution < -0.4 is 5.32 Å². The molecule has 2 N–H and O–H groups in total. The Hall–Kier alpha value is -0.220. The molecule has 16 heavy (non-hydrogen) atoms. The van der Waals surface area contributed by atoms with Crippen LogP contribution >= 0.6 is 12.6 Å². The molecule has 1 atom stereocenters. The molecule has 0 saturated carbocycles. The van der Waals surface area contributed by atoms with Crippen LogP contribution in [-0.4, -0.2) is 29.4 Å².